The molecule has 1 aliphatic rings. The summed E-state index contributed by atoms with van der Waals surface area (Å²) >= 11 is 0.812. The van der Waals surface area contributed by atoms with Gasteiger partial charge in [0, 0.05) is 109 Å². The minimum atomic E-state index is -1.79. The number of thioether (sulfide) groups is 1. The van der Waals surface area contributed by atoms with E-state index in [0.717, 1.165) is 31.4 Å². The van der Waals surface area contributed by atoms with Crippen LogP contribution < -0.4 is 65.1 Å². The van der Waals surface area contributed by atoms with E-state index in [4.69, 9.17) is 17.2 Å². The molecule has 18 N–H and O–H groups in total. The third-order valence-electron chi connectivity index (χ3n) is 22.0. The topological polar surface area (TPSA) is 545 Å². The largest absolute Gasteiger partial charge is 0.508 e. The number of phenols is 2. The quantitative estimate of drug-likeness (QED) is 0.0373. The number of aromatic hydroxyl groups is 2. The Balaban J connectivity index is 1.21. The second-order valence-corrected chi connectivity index (χ2v) is 33.3. The summed E-state index contributed by atoms with van der Waals surface area (Å²) in [6.07, 6.45) is 3.21. The van der Waals surface area contributed by atoms with Crippen molar-refractivity contribution in [1.82, 2.24) is 82.3 Å². The Morgan fingerprint density at radius 2 is 0.938 bits per heavy atom. The molecule has 16 amide bonds. The van der Waals surface area contributed by atoms with Gasteiger partial charge < -0.3 is 105 Å². The molecule has 2 aromatic heterocycles. The van der Waals surface area contributed by atoms with Gasteiger partial charge in [0.1, 0.15) is 78.0 Å². The lowest BCUT2D eigenvalue weighted by Gasteiger charge is -2.37. The van der Waals surface area contributed by atoms with Crippen molar-refractivity contribution in [2.75, 3.05) is 72.9 Å². The molecule has 7 aromatic rings. The van der Waals surface area contributed by atoms with Gasteiger partial charge in [-0.1, -0.05) is 137 Å². The number of nitrogens with two attached hydrogens (primary N) is 3. The highest BCUT2D eigenvalue weighted by atomic mass is 32.2. The van der Waals surface area contributed by atoms with Gasteiger partial charge in [-0.3, -0.25) is 81.7 Å². The van der Waals surface area contributed by atoms with E-state index in [1.807, 2.05) is 6.92 Å². The first-order valence-electron chi connectivity index (χ1n) is 42.4. The summed E-state index contributed by atoms with van der Waals surface area (Å²) in [5.74, 6) is -16.6. The summed E-state index contributed by atoms with van der Waals surface area (Å²) in [7, 11) is 6.55. The summed E-state index contributed by atoms with van der Waals surface area (Å²) in [5.41, 5.74) is 20.8. The molecule has 0 aliphatic carbocycles. The van der Waals surface area contributed by atoms with Gasteiger partial charge in [-0.15, -0.1) is 11.8 Å². The van der Waals surface area contributed by atoms with Gasteiger partial charge in [-0.25, -0.2) is 0 Å². The molecule has 3 heterocycles. The highest BCUT2D eigenvalue weighted by Crippen LogP contribution is 2.24. The highest BCUT2D eigenvalue weighted by molar-refractivity contribution is 8.00. The van der Waals surface area contributed by atoms with Gasteiger partial charge in [0.25, 0.3) is 0 Å². The number of para-hydroxylation sites is 1. The number of carbonyl (C=O) groups is 16. The average molecular weight is 1800 g/mol. The van der Waals surface area contributed by atoms with E-state index >= 15 is 38.4 Å². The van der Waals surface area contributed by atoms with Crippen LogP contribution in [-0.2, 0) is 115 Å². The second kappa shape index (κ2) is 49.4. The summed E-state index contributed by atoms with van der Waals surface area (Å²) in [4.78, 5) is 248. The zero-order valence-electron chi connectivity index (χ0n) is 73.5. The Labute approximate surface area is 752 Å². The lowest BCUT2D eigenvalue weighted by molar-refractivity contribution is -0.151. The van der Waals surface area contributed by atoms with E-state index in [2.05, 4.69) is 57.8 Å². The number of unbranched alkanes of at least 4 members (excludes halogenated alkanes) is 1. The Morgan fingerprint density at radius 1 is 0.465 bits per heavy atom. The number of pyridine rings is 1. The van der Waals surface area contributed by atoms with Crippen molar-refractivity contribution >= 4 is 117 Å². The van der Waals surface area contributed by atoms with Crippen molar-refractivity contribution in [3.8, 4) is 11.5 Å². The fourth-order valence-corrected chi connectivity index (χ4v) is 15.6. The zero-order valence-corrected chi connectivity index (χ0v) is 74.3. The number of nitrogens with one attached hydrogen (secondary N) is 10. The molecule has 37 nitrogen and oxygen atoms in total. The SMILES string of the molecule is CCCC[C@H]1C(=O)N(C)CC(=O)N[C@H](CC(N)=O)C(=O)N[C@@H](C(C)C)C(=O)N(C)[C@@H](Cc2ccccc2)C(=O)N[C@H](Cc2ccc(O)cc2)C(=O)N(C)CC(=O)N[C@@H](Cc2c[nH]c3ccccc23)C(=O)N[C@@H](Cc2ccc(O)cc2)C(=O)N[C@H](CCCN)C(=O)N[C@H](C(=O)NCC(N)=O)CSCC(=O)N[C@H](Cc2ccccc2)C(=O)N(C)[C@H](Cc2ccncc2)C(=O)N1C. The molecule has 1 fully saturated rings. The number of amides is 16. The van der Waals surface area contributed by atoms with E-state index in [9.17, 15) is 48.6 Å². The maximum Gasteiger partial charge on any atom is 0.246 e. The number of phenolic OH excluding ortho intramolecular Hbond substituents is 2. The minimum Gasteiger partial charge on any atom is -0.508 e. The van der Waals surface area contributed by atoms with Crippen LogP contribution >= 0.6 is 11.8 Å². The Hall–Kier alpha value is -13.8. The summed E-state index contributed by atoms with van der Waals surface area (Å²) < 4.78 is 0. The van der Waals surface area contributed by atoms with Crippen LogP contribution in [0.4, 0.5) is 0 Å². The number of fused-ring (bicyclic) bond motifs is 1. The molecule has 0 spiro atoms. The molecular weight excluding hydrogens is 1680 g/mol. The fourth-order valence-electron chi connectivity index (χ4n) is 14.8. The van der Waals surface area contributed by atoms with Gasteiger partial charge >= 0.3 is 0 Å². The molecular formula is C91H117N19O18S. The van der Waals surface area contributed by atoms with Crippen molar-refractivity contribution in [2.45, 2.75) is 164 Å². The average Bonchev–Trinajstić information content (AvgIpc) is 1.72. The third kappa shape index (κ3) is 30.5. The predicted octanol–water partition coefficient (Wildman–Crippen LogP) is -0.185. The third-order valence-corrected chi connectivity index (χ3v) is 23.0. The van der Waals surface area contributed by atoms with Crippen LogP contribution in [0.15, 0.2) is 164 Å². The number of aromatic nitrogens is 2. The number of nitrogens with zero attached hydrogens (tertiary/aromatic N) is 6. The lowest BCUT2D eigenvalue weighted by atomic mass is 9.98. The van der Waals surface area contributed by atoms with Crippen molar-refractivity contribution in [3.05, 3.63) is 198 Å². The lowest BCUT2D eigenvalue weighted by Crippen LogP contribution is -2.61. The van der Waals surface area contributed by atoms with Crippen LogP contribution in [0.3, 0.4) is 0 Å². The molecule has 129 heavy (non-hydrogen) atoms. The van der Waals surface area contributed by atoms with Crippen molar-refractivity contribution < 1.29 is 86.9 Å². The van der Waals surface area contributed by atoms with Gasteiger partial charge in [0.15, 0.2) is 0 Å². The number of H-pyrrole nitrogens is 1. The second-order valence-electron chi connectivity index (χ2n) is 32.3. The Bertz CT molecular complexity index is 5050. The Morgan fingerprint density at radius 3 is 1.51 bits per heavy atom. The van der Waals surface area contributed by atoms with Crippen molar-refractivity contribution in [2.24, 2.45) is 23.1 Å². The summed E-state index contributed by atoms with van der Waals surface area (Å²) in [6, 6.07) is 21.8. The number of rotatable bonds is 24. The van der Waals surface area contributed by atoms with Crippen LogP contribution in [0.25, 0.3) is 10.9 Å². The summed E-state index contributed by atoms with van der Waals surface area (Å²) in [6.45, 7) is 2.72. The number of hydrogen-bond donors (Lipinski definition) is 15. The van der Waals surface area contributed by atoms with Crippen molar-refractivity contribution in [1.29, 1.82) is 0 Å². The molecule has 690 valence electrons. The molecule has 0 radical (unpaired) electrons. The number of likely N-dealkylation sites (N-methyl/N-ethyl adjacent to an activating group) is 5. The maximum atomic E-state index is 15.5. The number of benzene rings is 5. The minimum absolute atomic E-state index is 0.0198. The van der Waals surface area contributed by atoms with E-state index in [-0.39, 0.29) is 75.8 Å². The van der Waals surface area contributed by atoms with Crippen LogP contribution in [0.5, 0.6) is 11.5 Å². The molecule has 8 rings (SSSR count). The molecule has 1 aliphatic heterocycles. The molecule has 5 aromatic carbocycles. The standard InChI is InChI=1S/C91H117N19O18S/c1-9-10-27-72-89(126)107(5)51-78(116)99-68(47-75(93)113)85(122)105-80(54(2)3)91(128)109(7)73(44-56-22-15-12-16-23-56)86(123)103-69(43-58-30-34-62(112)35-31-58)87(124)106(4)50-77(115)98-67(46-60-48-96-64-25-18-17-24-63(60)64)84(121)102-66(41-57-28-32-61(111)33-29-57)83(120)101-65(26-19-38-92)82(119)104-71(81(118)97-49-76(94)114)52-129-53-79(117)100-70(42-55-20-13-11-14-21-55)88(125)110(8)74(90(127)108(72)6)45-59-36-39-95-40-37-59/h11-18,20-25,28-37,39-40,48,54,65-74,80,96,111-112H,9-10,19,26-27,38,41-47,49-53,92H2,1-8H3,(H2,93,113)(H2,94,114)(H,97,118)(H,98,115)(H,99,116)(H,100,117)(H,101,120)(H,102,121)(H,103,123)(H,104,119)(H,105,122)/t65-,66+,67+,68-,69-,70-,71+,72+,73+,74-,80+/m1/s1. The van der Waals surface area contributed by atoms with Crippen molar-refractivity contribution in [3.63, 3.8) is 0 Å². The van der Waals surface area contributed by atoms with E-state index in [1.54, 1.807) is 117 Å². The number of hydrogen-bond acceptors (Lipinski definition) is 21. The maximum absolute atomic E-state index is 15.5. The van der Waals surface area contributed by atoms with Crippen LogP contribution in [-0.4, -0.2) is 279 Å². The van der Waals surface area contributed by atoms with Gasteiger partial charge in [-0.2, -0.15) is 0 Å². The first-order valence-corrected chi connectivity index (χ1v) is 43.6. The number of carbonyl (C=O) groups excluding carboxylic acids is 16. The van der Waals surface area contributed by atoms with Crippen LogP contribution in [0, 0.1) is 5.92 Å². The first kappa shape index (κ1) is 101. The molecule has 0 saturated carbocycles. The molecule has 38 heteroatoms. The van der Waals surface area contributed by atoms with E-state index < -0.39 is 204 Å². The highest BCUT2D eigenvalue weighted by Gasteiger charge is 2.42. The number of primary amides is 2. The van der Waals surface area contributed by atoms with E-state index in [0.29, 0.717) is 57.1 Å². The first-order chi connectivity index (χ1) is 61.5. The van der Waals surface area contributed by atoms with E-state index in [1.165, 1.54) is 101 Å². The summed E-state index contributed by atoms with van der Waals surface area (Å²) in [5, 5.41) is 45.3. The predicted molar refractivity (Wildman–Crippen MR) is 480 cm³/mol. The van der Waals surface area contributed by atoms with Crippen LogP contribution in [0.1, 0.15) is 92.7 Å². The van der Waals surface area contributed by atoms with Crippen LogP contribution in [0.2, 0.25) is 0 Å². The monoisotopic (exact) mass is 1800 g/mol. The Kier molecular flexibility index (Phi) is 38.5. The number of aromatic amines is 1. The molecule has 11 atom stereocenters. The fraction of sp³-hybridized carbons (Fsp3) is 0.418. The van der Waals surface area contributed by atoms with Gasteiger partial charge in [0.2, 0.25) is 94.5 Å². The molecule has 1 saturated heterocycles. The normalized spacial score (nSPS) is 21.9. The van der Waals surface area contributed by atoms with Gasteiger partial charge in [0.05, 0.1) is 31.8 Å². The molecule has 0 bridgehead atoms. The zero-order chi connectivity index (χ0) is 94.1. The smallest absolute Gasteiger partial charge is 0.246 e. The van der Waals surface area contributed by atoms with Gasteiger partial charge in [-0.05, 0) is 108 Å². The molecule has 0 unspecified atom stereocenters.